The van der Waals surface area contributed by atoms with Crippen LogP contribution in [-0.2, 0) is 16.0 Å². The molecule has 0 saturated carbocycles. The second-order valence-corrected chi connectivity index (χ2v) is 12.6. The summed E-state index contributed by atoms with van der Waals surface area (Å²) in [5.74, 6) is -0.329. The van der Waals surface area contributed by atoms with E-state index in [0.29, 0.717) is 23.7 Å². The molecule has 2 amide bonds. The van der Waals surface area contributed by atoms with Gasteiger partial charge in [0.2, 0.25) is 0 Å². The van der Waals surface area contributed by atoms with Crippen molar-refractivity contribution in [1.29, 1.82) is 0 Å². The van der Waals surface area contributed by atoms with Gasteiger partial charge in [-0.3, -0.25) is 4.90 Å². The Labute approximate surface area is 248 Å². The van der Waals surface area contributed by atoms with Gasteiger partial charge in [-0.25, -0.2) is 14.6 Å². The highest BCUT2D eigenvalue weighted by Gasteiger charge is 2.44. The molecule has 3 aliphatic heterocycles. The Hall–Kier alpha value is -2.62. The zero-order valence-electron chi connectivity index (χ0n) is 24.7. The molecule has 1 atom stereocenters. The van der Waals surface area contributed by atoms with Gasteiger partial charge >= 0.3 is 12.0 Å². The minimum absolute atomic E-state index is 0.268. The zero-order valence-corrected chi connectivity index (χ0v) is 25.5. The number of likely N-dealkylation sites (tertiary alicyclic amines) is 1. The summed E-state index contributed by atoms with van der Waals surface area (Å²) >= 11 is 1.59. The second kappa shape index (κ2) is 14.0. The molecule has 1 aromatic carbocycles. The summed E-state index contributed by atoms with van der Waals surface area (Å²) < 4.78 is 10.4. The summed E-state index contributed by atoms with van der Waals surface area (Å²) in [5, 5.41) is 0.940. The second-order valence-electron chi connectivity index (χ2n) is 11.5. The van der Waals surface area contributed by atoms with Gasteiger partial charge in [-0.15, -0.1) is 0 Å². The number of aryl methyl sites for hydroxylation is 1. The molecule has 0 bridgehead atoms. The lowest BCUT2D eigenvalue weighted by Crippen LogP contribution is -2.50. The third-order valence-corrected chi connectivity index (χ3v) is 9.75. The summed E-state index contributed by atoms with van der Waals surface area (Å²) in [6, 6.07) is 13.0. The van der Waals surface area contributed by atoms with Gasteiger partial charge in [-0.2, -0.15) is 0 Å². The van der Waals surface area contributed by atoms with Crippen LogP contribution in [0.2, 0.25) is 0 Å². The van der Waals surface area contributed by atoms with Crippen molar-refractivity contribution in [3.63, 3.8) is 0 Å². The molecule has 9 heteroatoms. The average Bonchev–Trinajstić information content (AvgIpc) is 3.34. The van der Waals surface area contributed by atoms with Gasteiger partial charge in [0.25, 0.3) is 0 Å². The fourth-order valence-electron chi connectivity index (χ4n) is 6.41. The SMILES string of the molecule is CCCCC1CN(C2CCOCC2)C(=O)N1C1CCN(Cc2ccc(Sc3ccc(C(=O)OC)cc3)nc2C)CC1. The fourth-order valence-corrected chi connectivity index (χ4v) is 7.24. The Kier molecular flexibility index (Phi) is 10.2. The van der Waals surface area contributed by atoms with Crippen molar-refractivity contribution >= 4 is 23.8 Å². The van der Waals surface area contributed by atoms with Crippen LogP contribution in [0.15, 0.2) is 46.3 Å². The molecule has 3 fully saturated rings. The minimum atomic E-state index is -0.329. The molecule has 0 N–H and O–H groups in total. The summed E-state index contributed by atoms with van der Waals surface area (Å²) in [4.78, 5) is 38.2. The molecule has 1 aromatic heterocycles. The number of hydrogen-bond acceptors (Lipinski definition) is 7. The third-order valence-electron chi connectivity index (χ3n) is 8.80. The molecule has 41 heavy (non-hydrogen) atoms. The minimum Gasteiger partial charge on any atom is -0.465 e. The van der Waals surface area contributed by atoms with Crippen LogP contribution >= 0.6 is 11.8 Å². The first-order valence-corrected chi connectivity index (χ1v) is 16.0. The highest BCUT2D eigenvalue weighted by Crippen LogP contribution is 2.32. The van der Waals surface area contributed by atoms with E-state index in [-0.39, 0.29) is 12.0 Å². The lowest BCUT2D eigenvalue weighted by Gasteiger charge is -2.39. The number of pyridine rings is 1. The predicted molar refractivity (Wildman–Crippen MR) is 160 cm³/mol. The molecule has 222 valence electrons. The van der Waals surface area contributed by atoms with Gasteiger partial charge in [0.15, 0.2) is 0 Å². The molecule has 0 spiro atoms. The number of piperidine rings is 1. The van der Waals surface area contributed by atoms with Crippen molar-refractivity contribution in [3.8, 4) is 0 Å². The number of carbonyl (C=O) groups is 2. The normalized spacial score (nSPS) is 21.0. The van der Waals surface area contributed by atoms with Gasteiger partial charge in [0.05, 0.1) is 18.7 Å². The van der Waals surface area contributed by atoms with Crippen molar-refractivity contribution < 1.29 is 19.1 Å². The number of hydrogen-bond donors (Lipinski definition) is 0. The van der Waals surface area contributed by atoms with E-state index in [4.69, 9.17) is 14.5 Å². The molecule has 8 nitrogen and oxygen atoms in total. The maximum absolute atomic E-state index is 13.7. The van der Waals surface area contributed by atoms with Crippen LogP contribution in [0.25, 0.3) is 0 Å². The molecule has 2 aromatic rings. The molecule has 3 saturated heterocycles. The number of amides is 2. The van der Waals surface area contributed by atoms with Crippen LogP contribution in [0.1, 0.15) is 73.5 Å². The number of benzene rings is 1. The van der Waals surface area contributed by atoms with Gasteiger partial charge in [0.1, 0.15) is 5.03 Å². The van der Waals surface area contributed by atoms with Gasteiger partial charge in [-0.05, 0) is 74.9 Å². The average molecular weight is 581 g/mol. The third kappa shape index (κ3) is 7.24. The van der Waals surface area contributed by atoms with Gasteiger partial charge in [0, 0.05) is 62.1 Å². The van der Waals surface area contributed by atoms with Crippen molar-refractivity contribution in [1.82, 2.24) is 19.7 Å². The van der Waals surface area contributed by atoms with E-state index >= 15 is 0 Å². The Morgan fingerprint density at radius 1 is 1.05 bits per heavy atom. The van der Waals surface area contributed by atoms with Gasteiger partial charge < -0.3 is 19.3 Å². The highest BCUT2D eigenvalue weighted by molar-refractivity contribution is 7.99. The number of rotatable bonds is 10. The molecule has 4 heterocycles. The summed E-state index contributed by atoms with van der Waals surface area (Å²) in [6.45, 7) is 9.61. The molecule has 0 aliphatic carbocycles. The van der Waals surface area contributed by atoms with E-state index in [0.717, 1.165) is 87.1 Å². The van der Waals surface area contributed by atoms with Crippen LogP contribution in [0.5, 0.6) is 0 Å². The molecular formula is C32H44N4O4S. The summed E-state index contributed by atoms with van der Waals surface area (Å²) in [7, 11) is 1.39. The van der Waals surface area contributed by atoms with Crippen molar-refractivity contribution in [2.45, 2.75) is 93.4 Å². The van der Waals surface area contributed by atoms with Crippen LogP contribution in [-0.4, -0.2) is 89.8 Å². The fraction of sp³-hybridized carbons (Fsp3) is 0.594. The predicted octanol–water partition coefficient (Wildman–Crippen LogP) is 5.77. The first kappa shape index (κ1) is 29.9. The number of aromatic nitrogens is 1. The Morgan fingerprint density at radius 2 is 1.78 bits per heavy atom. The maximum Gasteiger partial charge on any atom is 0.337 e. The van der Waals surface area contributed by atoms with Crippen LogP contribution < -0.4 is 0 Å². The number of ether oxygens (including phenoxy) is 2. The van der Waals surface area contributed by atoms with E-state index in [9.17, 15) is 9.59 Å². The van der Waals surface area contributed by atoms with E-state index in [1.54, 1.807) is 23.9 Å². The number of unbranched alkanes of at least 4 members (excludes halogenated alkanes) is 1. The number of carbonyl (C=O) groups excluding carboxylic acids is 2. The van der Waals surface area contributed by atoms with Gasteiger partial charge in [-0.1, -0.05) is 37.6 Å². The number of nitrogens with zero attached hydrogens (tertiary/aromatic N) is 4. The summed E-state index contributed by atoms with van der Waals surface area (Å²) in [6.07, 6.45) is 7.42. The van der Waals surface area contributed by atoms with Crippen LogP contribution in [0.4, 0.5) is 4.79 Å². The highest BCUT2D eigenvalue weighted by atomic mass is 32.2. The van der Waals surface area contributed by atoms with Crippen molar-refractivity contribution in [2.75, 3.05) is 40.0 Å². The molecule has 5 rings (SSSR count). The Morgan fingerprint density at radius 3 is 2.44 bits per heavy atom. The summed E-state index contributed by atoms with van der Waals surface area (Å²) in [5.41, 5.74) is 2.84. The topological polar surface area (TPSA) is 75.2 Å². The smallest absolute Gasteiger partial charge is 0.337 e. The Balaban J connectivity index is 1.16. The quantitative estimate of drug-likeness (QED) is 0.331. The molecule has 0 radical (unpaired) electrons. The van der Waals surface area contributed by atoms with E-state index in [1.165, 1.54) is 25.5 Å². The lowest BCUT2D eigenvalue weighted by molar-refractivity contribution is 0.0493. The Bertz CT molecular complexity index is 1180. The molecule has 3 aliphatic rings. The molecule has 1 unspecified atom stereocenters. The largest absolute Gasteiger partial charge is 0.465 e. The molecular weight excluding hydrogens is 536 g/mol. The lowest BCUT2D eigenvalue weighted by atomic mass is 9.99. The van der Waals surface area contributed by atoms with E-state index < -0.39 is 0 Å². The van der Waals surface area contributed by atoms with Crippen molar-refractivity contribution in [2.24, 2.45) is 0 Å². The maximum atomic E-state index is 13.7. The number of methoxy groups -OCH3 is 1. The standard InChI is InChI=1S/C32H44N4O4S/c1-4-5-6-28-22-35(26-15-19-40-20-16-26)32(38)36(28)27-13-17-34(18-14-27)21-25-9-12-30(33-23(25)2)41-29-10-7-24(8-11-29)31(37)39-3/h7-12,26-28H,4-6,13-22H2,1-3H3. The van der Waals surface area contributed by atoms with Crippen LogP contribution in [0, 0.1) is 6.92 Å². The van der Waals surface area contributed by atoms with Crippen LogP contribution in [0.3, 0.4) is 0 Å². The number of esters is 1. The first-order valence-electron chi connectivity index (χ1n) is 15.2. The van der Waals surface area contributed by atoms with E-state index in [1.807, 2.05) is 12.1 Å². The van der Waals surface area contributed by atoms with E-state index in [2.05, 4.69) is 40.7 Å². The first-order chi connectivity index (χ1) is 20.0. The number of urea groups is 1. The van der Waals surface area contributed by atoms with Crippen molar-refractivity contribution in [3.05, 3.63) is 53.2 Å². The monoisotopic (exact) mass is 580 g/mol. The zero-order chi connectivity index (χ0) is 28.8.